The Hall–Kier alpha value is -2.10. The second kappa shape index (κ2) is 8.33. The van der Waals surface area contributed by atoms with E-state index in [0.717, 1.165) is 5.56 Å². The molecular weight excluding hydrogens is 414 g/mol. The van der Waals surface area contributed by atoms with Crippen LogP contribution in [0.25, 0.3) is 0 Å². The highest BCUT2D eigenvalue weighted by Gasteiger charge is 2.46. The molecule has 0 amide bonds. The van der Waals surface area contributed by atoms with Crippen LogP contribution < -0.4 is 14.8 Å². The smallest absolute Gasteiger partial charge is 0.183 e. The third-order valence-electron chi connectivity index (χ3n) is 5.15. The van der Waals surface area contributed by atoms with Crippen LogP contribution >= 0.6 is 0 Å². The lowest BCUT2D eigenvalue weighted by Crippen LogP contribution is -2.44. The first-order valence-corrected chi connectivity index (χ1v) is 12.5. The summed E-state index contributed by atoms with van der Waals surface area (Å²) in [7, 11) is -4.54. The lowest BCUT2D eigenvalue weighted by Gasteiger charge is -2.24. The number of benzene rings is 2. The molecule has 1 N–H and O–H groups in total. The summed E-state index contributed by atoms with van der Waals surface area (Å²) in [5.41, 5.74) is 0.957. The van der Waals surface area contributed by atoms with Crippen molar-refractivity contribution >= 4 is 19.7 Å². The predicted octanol–water partition coefficient (Wildman–Crippen LogP) is 1.99. The molecule has 1 saturated heterocycles. The summed E-state index contributed by atoms with van der Waals surface area (Å²) >= 11 is 0. The molecule has 29 heavy (non-hydrogen) atoms. The van der Waals surface area contributed by atoms with Gasteiger partial charge in [0.25, 0.3) is 0 Å². The van der Waals surface area contributed by atoms with Gasteiger partial charge in [0.05, 0.1) is 35.9 Å². The highest BCUT2D eigenvalue weighted by atomic mass is 32.2. The summed E-state index contributed by atoms with van der Waals surface area (Å²) in [6.45, 7) is 1.89. The van der Waals surface area contributed by atoms with Crippen LogP contribution in [0.2, 0.25) is 0 Å². The minimum Gasteiger partial charge on any atom is -0.493 e. The standard InChI is InChI=1S/C20H25NO6S2/c1-14(15-7-5-4-6-8-15)21-17-12-28(22,23)13-20(17)29(24,25)16-9-10-18(26-2)19(11-16)27-3/h4-11,14,17,20-21H,12-13H2,1-3H3/t14?,17-,20-/m0/s1. The normalized spacial score (nSPS) is 22.2. The SMILES string of the molecule is COc1ccc(S(=O)(=O)[C@H]2CS(=O)(=O)C[C@@H]2NC(C)c2ccccc2)cc1OC. The van der Waals surface area contributed by atoms with Gasteiger partial charge in [0.15, 0.2) is 31.2 Å². The topological polar surface area (TPSA) is 98.8 Å². The summed E-state index contributed by atoms with van der Waals surface area (Å²) in [6.07, 6.45) is 0. The number of rotatable bonds is 7. The number of sulfone groups is 2. The van der Waals surface area contributed by atoms with E-state index in [4.69, 9.17) is 9.47 Å². The number of ether oxygens (including phenoxy) is 2. The molecule has 1 aliphatic rings. The second-order valence-corrected chi connectivity index (χ2v) is 11.4. The molecule has 7 nitrogen and oxygen atoms in total. The quantitative estimate of drug-likeness (QED) is 0.704. The summed E-state index contributed by atoms with van der Waals surface area (Å²) in [4.78, 5) is 0.0106. The Bertz CT molecular complexity index is 1070. The van der Waals surface area contributed by atoms with Crippen LogP contribution in [0.3, 0.4) is 0 Å². The molecule has 0 saturated carbocycles. The van der Waals surface area contributed by atoms with Gasteiger partial charge in [-0.25, -0.2) is 16.8 Å². The molecule has 0 aliphatic carbocycles. The van der Waals surface area contributed by atoms with Gasteiger partial charge in [0.1, 0.15) is 0 Å². The first-order valence-electron chi connectivity index (χ1n) is 9.15. The zero-order chi connectivity index (χ0) is 21.2. The highest BCUT2D eigenvalue weighted by molar-refractivity contribution is 7.96. The van der Waals surface area contributed by atoms with E-state index in [1.165, 1.54) is 32.4 Å². The van der Waals surface area contributed by atoms with Crippen LogP contribution in [0.4, 0.5) is 0 Å². The van der Waals surface area contributed by atoms with Gasteiger partial charge in [-0.15, -0.1) is 0 Å². The Morgan fingerprint density at radius 3 is 2.28 bits per heavy atom. The largest absolute Gasteiger partial charge is 0.493 e. The third-order valence-corrected chi connectivity index (χ3v) is 9.29. The maximum absolute atomic E-state index is 13.3. The van der Waals surface area contributed by atoms with E-state index in [9.17, 15) is 16.8 Å². The fourth-order valence-corrected chi connectivity index (χ4v) is 8.29. The molecule has 1 unspecified atom stereocenters. The van der Waals surface area contributed by atoms with Gasteiger partial charge in [0, 0.05) is 18.2 Å². The second-order valence-electron chi connectivity index (χ2n) is 7.08. The average molecular weight is 440 g/mol. The first kappa shape index (κ1) is 21.6. The van der Waals surface area contributed by atoms with Gasteiger partial charge in [-0.1, -0.05) is 30.3 Å². The number of methoxy groups -OCH3 is 2. The number of hydrogen-bond acceptors (Lipinski definition) is 7. The van der Waals surface area contributed by atoms with Crippen LogP contribution in [0, 0.1) is 0 Å². The molecule has 1 aliphatic heterocycles. The Labute approximate surface area is 171 Å². The summed E-state index contributed by atoms with van der Waals surface area (Å²) in [6, 6.07) is 12.9. The van der Waals surface area contributed by atoms with E-state index >= 15 is 0 Å². The van der Waals surface area contributed by atoms with Gasteiger partial charge in [-0.05, 0) is 24.6 Å². The highest BCUT2D eigenvalue weighted by Crippen LogP contribution is 2.33. The molecule has 0 bridgehead atoms. The van der Waals surface area contributed by atoms with Crippen molar-refractivity contribution in [2.45, 2.75) is 29.2 Å². The van der Waals surface area contributed by atoms with Crippen molar-refractivity contribution in [1.82, 2.24) is 5.32 Å². The minimum atomic E-state index is -3.92. The van der Waals surface area contributed by atoms with Gasteiger partial charge in [0.2, 0.25) is 0 Å². The van der Waals surface area contributed by atoms with E-state index in [1.54, 1.807) is 0 Å². The van der Waals surface area contributed by atoms with E-state index in [2.05, 4.69) is 5.32 Å². The number of hydrogen-bond donors (Lipinski definition) is 1. The van der Waals surface area contributed by atoms with Crippen molar-refractivity contribution in [1.29, 1.82) is 0 Å². The first-order chi connectivity index (χ1) is 13.7. The van der Waals surface area contributed by atoms with Crippen LogP contribution in [0.15, 0.2) is 53.4 Å². The Kier molecular flexibility index (Phi) is 6.21. The zero-order valence-corrected chi connectivity index (χ0v) is 18.2. The summed E-state index contributed by atoms with van der Waals surface area (Å²) < 4.78 is 61.6. The maximum Gasteiger partial charge on any atom is 0.183 e. The van der Waals surface area contributed by atoms with Crippen molar-refractivity contribution in [2.75, 3.05) is 25.7 Å². The molecule has 2 aromatic rings. The van der Waals surface area contributed by atoms with E-state index < -0.39 is 36.7 Å². The van der Waals surface area contributed by atoms with E-state index in [-0.39, 0.29) is 22.4 Å². The molecule has 3 rings (SSSR count). The zero-order valence-electron chi connectivity index (χ0n) is 16.5. The Balaban J connectivity index is 1.93. The fraction of sp³-hybridized carbons (Fsp3) is 0.400. The molecule has 9 heteroatoms. The van der Waals surface area contributed by atoms with Gasteiger partial charge >= 0.3 is 0 Å². The van der Waals surface area contributed by atoms with Crippen molar-refractivity contribution in [3.63, 3.8) is 0 Å². The van der Waals surface area contributed by atoms with Crippen molar-refractivity contribution in [2.24, 2.45) is 0 Å². The number of nitrogens with one attached hydrogen (secondary N) is 1. The lowest BCUT2D eigenvalue weighted by atomic mass is 10.1. The third kappa shape index (κ3) is 4.57. The fourth-order valence-electron chi connectivity index (χ4n) is 3.60. The van der Waals surface area contributed by atoms with Crippen molar-refractivity contribution in [3.8, 4) is 11.5 Å². The van der Waals surface area contributed by atoms with E-state index in [1.807, 2.05) is 37.3 Å². The van der Waals surface area contributed by atoms with Crippen LogP contribution in [0.1, 0.15) is 18.5 Å². The van der Waals surface area contributed by atoms with Crippen molar-refractivity contribution in [3.05, 3.63) is 54.1 Å². The maximum atomic E-state index is 13.3. The molecule has 3 atom stereocenters. The van der Waals surface area contributed by atoms with Crippen LogP contribution in [0.5, 0.6) is 11.5 Å². The molecular formula is C20H25NO6S2. The molecule has 0 aromatic heterocycles. The molecule has 1 fully saturated rings. The molecule has 2 aromatic carbocycles. The predicted molar refractivity (Wildman–Crippen MR) is 111 cm³/mol. The summed E-state index contributed by atoms with van der Waals surface area (Å²) in [5.74, 6) is 0.0407. The Morgan fingerprint density at radius 1 is 1.00 bits per heavy atom. The molecule has 0 spiro atoms. The van der Waals surface area contributed by atoms with E-state index in [0.29, 0.717) is 5.75 Å². The van der Waals surface area contributed by atoms with Gasteiger partial charge in [-0.3, -0.25) is 0 Å². The summed E-state index contributed by atoms with van der Waals surface area (Å²) in [5, 5.41) is 2.13. The van der Waals surface area contributed by atoms with Crippen molar-refractivity contribution < 1.29 is 26.3 Å². The van der Waals surface area contributed by atoms with Gasteiger partial charge < -0.3 is 14.8 Å². The van der Waals surface area contributed by atoms with Crippen LogP contribution in [-0.2, 0) is 19.7 Å². The molecule has 1 heterocycles. The van der Waals surface area contributed by atoms with Gasteiger partial charge in [-0.2, -0.15) is 0 Å². The average Bonchev–Trinajstić information content (AvgIpc) is 3.02. The Morgan fingerprint density at radius 2 is 1.66 bits per heavy atom. The minimum absolute atomic E-state index is 0.0106. The molecule has 158 valence electrons. The molecule has 0 radical (unpaired) electrons. The monoisotopic (exact) mass is 439 g/mol. The lowest BCUT2D eigenvalue weighted by molar-refractivity contribution is 0.354. The van der Waals surface area contributed by atoms with Crippen LogP contribution in [-0.4, -0.2) is 53.9 Å².